The van der Waals surface area contributed by atoms with E-state index in [1.54, 1.807) is 12.1 Å². The maximum absolute atomic E-state index is 13.5. The summed E-state index contributed by atoms with van der Waals surface area (Å²) in [6.45, 7) is 3.41. The maximum atomic E-state index is 13.5. The number of benzene rings is 1. The molecule has 1 aliphatic rings. The van der Waals surface area contributed by atoms with Gasteiger partial charge in [-0.2, -0.15) is 15.8 Å². The van der Waals surface area contributed by atoms with Crippen molar-refractivity contribution in [2.24, 2.45) is 0 Å². The Morgan fingerprint density at radius 2 is 1.76 bits per heavy atom. The Balaban J connectivity index is 1.75. The highest BCUT2D eigenvalue weighted by Gasteiger charge is 2.29. The Hall–Kier alpha value is -4.48. The minimum atomic E-state index is -0.668. The van der Waals surface area contributed by atoms with Gasteiger partial charge in [0.05, 0.1) is 37.7 Å². The number of nitrogens with one attached hydrogen (secondary N) is 1. The van der Waals surface area contributed by atoms with Crippen LogP contribution in [-0.4, -0.2) is 56.0 Å². The number of fused-ring (bicyclic) bond motifs is 1. The van der Waals surface area contributed by atoms with E-state index in [1.807, 2.05) is 14.0 Å². The van der Waals surface area contributed by atoms with Crippen molar-refractivity contribution >= 4 is 39.8 Å². The fourth-order valence-electron chi connectivity index (χ4n) is 4.78. The lowest BCUT2D eigenvalue weighted by molar-refractivity contribution is -0.115. The van der Waals surface area contributed by atoms with Crippen LogP contribution in [0.3, 0.4) is 0 Å². The smallest absolute Gasteiger partial charge is 0.238 e. The number of pyridine rings is 1. The van der Waals surface area contributed by atoms with Crippen LogP contribution in [0.1, 0.15) is 40.5 Å². The summed E-state index contributed by atoms with van der Waals surface area (Å²) in [7, 11) is 6.42. The lowest BCUT2D eigenvalue weighted by Crippen LogP contribution is -2.25. The third-order valence-corrected chi connectivity index (χ3v) is 9.37. The molecule has 4 rings (SSSR count). The van der Waals surface area contributed by atoms with Gasteiger partial charge in [0, 0.05) is 23.5 Å². The quantitative estimate of drug-likeness (QED) is 0.329. The molecule has 42 heavy (non-hydrogen) atoms. The number of ether oxygens (including phenoxy) is 3. The number of amides is 1. The maximum Gasteiger partial charge on any atom is 0.238 e. The molecule has 0 radical (unpaired) electrons. The van der Waals surface area contributed by atoms with Gasteiger partial charge in [0.15, 0.2) is 11.5 Å². The molecule has 13 heteroatoms. The number of aromatic nitrogens is 1. The summed E-state index contributed by atoms with van der Waals surface area (Å²) in [4.78, 5) is 21.1. The molecule has 216 valence electrons. The number of anilines is 2. The van der Waals surface area contributed by atoms with Gasteiger partial charge < -0.3 is 30.2 Å². The molecule has 0 saturated carbocycles. The summed E-state index contributed by atoms with van der Waals surface area (Å²) in [5, 5.41) is 33.1. The highest BCUT2D eigenvalue weighted by Crippen LogP contribution is 2.45. The zero-order valence-corrected chi connectivity index (χ0v) is 25.5. The van der Waals surface area contributed by atoms with E-state index >= 15 is 0 Å². The van der Waals surface area contributed by atoms with Crippen molar-refractivity contribution < 1.29 is 19.0 Å². The third-order valence-electron chi connectivity index (χ3n) is 6.88. The predicted molar refractivity (Wildman–Crippen MR) is 161 cm³/mol. The zero-order valence-electron chi connectivity index (χ0n) is 23.8. The molecular formula is C29H29N7O4S2. The van der Waals surface area contributed by atoms with Gasteiger partial charge >= 0.3 is 0 Å². The number of carbonyl (C=O) groups excluding carboxylic acids is 1. The van der Waals surface area contributed by atoms with Crippen LogP contribution < -0.4 is 25.3 Å². The summed E-state index contributed by atoms with van der Waals surface area (Å²) in [5.41, 5.74) is 8.48. The molecule has 1 atom stereocenters. The van der Waals surface area contributed by atoms with Gasteiger partial charge in [-0.25, -0.2) is 4.98 Å². The monoisotopic (exact) mass is 603 g/mol. The number of carbonyl (C=O) groups is 1. The topological polar surface area (TPSA) is 170 Å². The Morgan fingerprint density at radius 1 is 1.12 bits per heavy atom. The first kappa shape index (κ1) is 30.5. The Labute approximate surface area is 252 Å². The minimum Gasteiger partial charge on any atom is -0.493 e. The van der Waals surface area contributed by atoms with Crippen LogP contribution in [0.5, 0.6) is 17.2 Å². The number of nitrogens with zero attached hydrogens (tertiary/aromatic N) is 5. The van der Waals surface area contributed by atoms with Crippen molar-refractivity contribution in [3.8, 4) is 46.6 Å². The Kier molecular flexibility index (Phi) is 9.44. The molecule has 1 amide bonds. The normalized spacial score (nSPS) is 13.2. The summed E-state index contributed by atoms with van der Waals surface area (Å²) >= 11 is 2.49. The highest BCUT2D eigenvalue weighted by molar-refractivity contribution is 8.00. The fraction of sp³-hybridized carbons (Fsp3) is 0.345. The summed E-state index contributed by atoms with van der Waals surface area (Å²) < 4.78 is 16.4. The summed E-state index contributed by atoms with van der Waals surface area (Å²) in [6.07, 6.45) is 1.15. The fourth-order valence-corrected chi connectivity index (χ4v) is 7.08. The molecule has 0 saturated heterocycles. The minimum absolute atomic E-state index is 0.00969. The second-order valence-electron chi connectivity index (χ2n) is 9.38. The van der Waals surface area contributed by atoms with E-state index in [0.29, 0.717) is 39.8 Å². The SMILES string of the molecule is CCC(Sc1nc(N)c(C#N)c(-c2cc(OC)c(OC)c(OC)c2)c1C#N)C(=O)Nc1sc2c(c1C#N)CCN(C)C2. The number of nitrogen functional groups attached to an aromatic ring is 1. The van der Waals surface area contributed by atoms with Crippen LogP contribution >= 0.6 is 23.1 Å². The van der Waals surface area contributed by atoms with Crippen molar-refractivity contribution in [3.63, 3.8) is 0 Å². The molecule has 0 fully saturated rings. The van der Waals surface area contributed by atoms with E-state index in [0.717, 1.165) is 41.7 Å². The molecule has 1 unspecified atom stereocenters. The molecular weight excluding hydrogens is 574 g/mol. The molecule has 0 aliphatic carbocycles. The molecule has 0 bridgehead atoms. The van der Waals surface area contributed by atoms with E-state index in [9.17, 15) is 20.6 Å². The van der Waals surface area contributed by atoms with Crippen molar-refractivity contribution in [1.29, 1.82) is 15.8 Å². The molecule has 1 aromatic carbocycles. The van der Waals surface area contributed by atoms with Crippen LogP contribution in [0.25, 0.3) is 11.1 Å². The largest absolute Gasteiger partial charge is 0.493 e. The van der Waals surface area contributed by atoms with Crippen LogP contribution in [0, 0.1) is 34.0 Å². The number of nitriles is 3. The average molecular weight is 604 g/mol. The molecule has 3 heterocycles. The molecule has 3 N–H and O–H groups in total. The van der Waals surface area contributed by atoms with E-state index in [4.69, 9.17) is 19.9 Å². The van der Waals surface area contributed by atoms with Gasteiger partial charge in [0.1, 0.15) is 39.6 Å². The van der Waals surface area contributed by atoms with Crippen LogP contribution in [-0.2, 0) is 17.8 Å². The third kappa shape index (κ3) is 5.65. The molecule has 3 aromatic rings. The van der Waals surface area contributed by atoms with E-state index in [1.165, 1.54) is 32.7 Å². The van der Waals surface area contributed by atoms with Gasteiger partial charge in [0.25, 0.3) is 0 Å². The number of hydrogen-bond donors (Lipinski definition) is 2. The zero-order chi connectivity index (χ0) is 30.6. The molecule has 0 spiro atoms. The lowest BCUT2D eigenvalue weighted by atomic mass is 9.96. The van der Waals surface area contributed by atoms with Gasteiger partial charge in [-0.15, -0.1) is 11.3 Å². The molecule has 2 aromatic heterocycles. The standard InChI is InChI=1S/C29H29N7O4S2/c1-6-22(27(37)35-28-17(11-30)16-7-8-36(2)14-23(16)42-28)41-29-19(13-32)24(18(12-31)26(33)34-29)15-9-20(38-3)25(40-5)21(10-15)39-4/h9-10,22H,6-8,14H2,1-5H3,(H2,33,34)(H,35,37). The number of nitrogens with two attached hydrogens (primary N) is 1. The second kappa shape index (κ2) is 13.0. The molecule has 11 nitrogen and oxygen atoms in total. The van der Waals surface area contributed by atoms with E-state index < -0.39 is 5.25 Å². The van der Waals surface area contributed by atoms with Crippen LogP contribution in [0.15, 0.2) is 17.2 Å². The van der Waals surface area contributed by atoms with Gasteiger partial charge in [0.2, 0.25) is 11.7 Å². The first-order valence-electron chi connectivity index (χ1n) is 12.9. The Morgan fingerprint density at radius 3 is 2.31 bits per heavy atom. The number of hydrogen-bond acceptors (Lipinski definition) is 12. The average Bonchev–Trinajstić information content (AvgIpc) is 3.33. The van der Waals surface area contributed by atoms with Crippen LogP contribution in [0.2, 0.25) is 0 Å². The predicted octanol–water partition coefficient (Wildman–Crippen LogP) is 4.53. The summed E-state index contributed by atoms with van der Waals surface area (Å²) in [5.74, 6) is 0.591. The first-order chi connectivity index (χ1) is 20.2. The van der Waals surface area contributed by atoms with Gasteiger partial charge in [-0.05, 0) is 43.1 Å². The summed E-state index contributed by atoms with van der Waals surface area (Å²) in [6, 6.07) is 9.72. The Bertz CT molecular complexity index is 1640. The van der Waals surface area contributed by atoms with Gasteiger partial charge in [-0.3, -0.25) is 4.79 Å². The van der Waals surface area contributed by atoms with Crippen molar-refractivity contribution in [2.45, 2.75) is 36.6 Å². The number of thioether (sulfide) groups is 1. The first-order valence-corrected chi connectivity index (χ1v) is 14.6. The number of methoxy groups -OCH3 is 3. The van der Waals surface area contributed by atoms with Crippen molar-refractivity contribution in [2.75, 3.05) is 46.0 Å². The number of likely N-dealkylation sites (N-methyl/N-ethyl adjacent to an activating group) is 1. The van der Waals surface area contributed by atoms with Crippen molar-refractivity contribution in [3.05, 3.63) is 39.3 Å². The lowest BCUT2D eigenvalue weighted by Gasteiger charge is -2.21. The van der Waals surface area contributed by atoms with Gasteiger partial charge in [-0.1, -0.05) is 18.7 Å². The second-order valence-corrected chi connectivity index (χ2v) is 11.7. The highest BCUT2D eigenvalue weighted by atomic mass is 32.2. The van der Waals surface area contributed by atoms with E-state index in [2.05, 4.69) is 33.4 Å². The molecule has 1 aliphatic heterocycles. The number of rotatable bonds is 9. The number of thiophene rings is 1. The van der Waals surface area contributed by atoms with Crippen molar-refractivity contribution in [1.82, 2.24) is 9.88 Å². The van der Waals surface area contributed by atoms with E-state index in [-0.39, 0.29) is 33.4 Å². The van der Waals surface area contributed by atoms with Crippen LogP contribution in [0.4, 0.5) is 10.8 Å².